The topological polar surface area (TPSA) is 96.1 Å². The van der Waals surface area contributed by atoms with Crippen molar-refractivity contribution in [2.45, 2.75) is 32.4 Å². The Kier molecular flexibility index (Phi) is 7.32. The number of carbonyl (C=O) groups excluding carboxylic acids is 1. The van der Waals surface area contributed by atoms with Crippen molar-refractivity contribution in [3.63, 3.8) is 0 Å². The molecule has 1 amide bonds. The lowest BCUT2D eigenvalue weighted by Gasteiger charge is -2.30. The molecule has 36 heavy (non-hydrogen) atoms. The van der Waals surface area contributed by atoms with Crippen LogP contribution in [0.2, 0.25) is 0 Å². The molecule has 0 saturated heterocycles. The standard InChI is InChI=1S/C27H27F2N3O4/c1-17-24(26(35)31-27(2,16-34)19-7-3-6-18(14-19)11-13-33)32-12-5-10-23(25(32)30-17)36-15-20-21(28)8-4-9-22(20)29/h3-10,12,14,33-34H,11,13,15-16H2,1-2H3,(H,31,35). The van der Waals surface area contributed by atoms with Crippen LogP contribution in [0, 0.1) is 18.6 Å². The normalized spacial score (nSPS) is 12.9. The molecule has 0 bridgehead atoms. The van der Waals surface area contributed by atoms with Crippen molar-refractivity contribution in [1.29, 1.82) is 0 Å². The lowest BCUT2D eigenvalue weighted by molar-refractivity contribution is 0.0842. The van der Waals surface area contributed by atoms with Crippen molar-refractivity contribution in [3.05, 3.63) is 101 Å². The molecule has 1 unspecified atom stereocenters. The summed E-state index contributed by atoms with van der Waals surface area (Å²) >= 11 is 0. The maximum Gasteiger partial charge on any atom is 0.270 e. The van der Waals surface area contributed by atoms with Crippen LogP contribution in [0.5, 0.6) is 5.75 Å². The van der Waals surface area contributed by atoms with Crippen molar-refractivity contribution in [2.24, 2.45) is 0 Å². The fourth-order valence-electron chi connectivity index (χ4n) is 4.07. The lowest BCUT2D eigenvalue weighted by Crippen LogP contribution is -2.46. The summed E-state index contributed by atoms with van der Waals surface area (Å²) in [5.41, 5.74) is 1.22. The number of imidazole rings is 1. The first-order valence-electron chi connectivity index (χ1n) is 11.4. The zero-order chi connectivity index (χ0) is 25.9. The van der Waals surface area contributed by atoms with Crippen LogP contribution in [0.1, 0.15) is 39.8 Å². The number of aliphatic hydroxyl groups excluding tert-OH is 2. The van der Waals surface area contributed by atoms with Gasteiger partial charge in [-0.2, -0.15) is 0 Å². The van der Waals surface area contributed by atoms with Crippen LogP contribution in [0.25, 0.3) is 5.65 Å². The van der Waals surface area contributed by atoms with Gasteiger partial charge in [-0.1, -0.05) is 30.3 Å². The zero-order valence-corrected chi connectivity index (χ0v) is 20.0. The van der Waals surface area contributed by atoms with E-state index in [0.717, 1.165) is 17.7 Å². The van der Waals surface area contributed by atoms with Gasteiger partial charge in [0.2, 0.25) is 0 Å². The van der Waals surface area contributed by atoms with Gasteiger partial charge in [0.05, 0.1) is 23.4 Å². The number of nitrogens with one attached hydrogen (secondary N) is 1. The molecule has 4 aromatic rings. The second-order valence-corrected chi connectivity index (χ2v) is 8.72. The summed E-state index contributed by atoms with van der Waals surface area (Å²) in [5, 5.41) is 22.3. The molecule has 188 valence electrons. The molecule has 7 nitrogen and oxygen atoms in total. The number of hydrogen-bond acceptors (Lipinski definition) is 5. The third-order valence-corrected chi connectivity index (χ3v) is 6.11. The van der Waals surface area contributed by atoms with E-state index in [4.69, 9.17) is 4.74 Å². The molecular formula is C27H27F2N3O4. The number of carbonyl (C=O) groups is 1. The fraction of sp³-hybridized carbons (Fsp3) is 0.259. The summed E-state index contributed by atoms with van der Waals surface area (Å²) in [6.07, 6.45) is 2.09. The number of halogens is 2. The highest BCUT2D eigenvalue weighted by Crippen LogP contribution is 2.26. The number of rotatable bonds is 9. The van der Waals surface area contributed by atoms with Gasteiger partial charge in [-0.25, -0.2) is 13.8 Å². The monoisotopic (exact) mass is 495 g/mol. The summed E-state index contributed by atoms with van der Waals surface area (Å²) < 4.78 is 35.3. The minimum atomic E-state index is -1.10. The quantitative estimate of drug-likeness (QED) is 0.329. The Morgan fingerprint density at radius 1 is 1.11 bits per heavy atom. The third kappa shape index (κ3) is 4.93. The first-order chi connectivity index (χ1) is 17.3. The summed E-state index contributed by atoms with van der Waals surface area (Å²) in [6.45, 7) is 2.65. The molecule has 0 aliphatic carbocycles. The van der Waals surface area contributed by atoms with E-state index in [1.807, 2.05) is 18.2 Å². The van der Waals surface area contributed by atoms with Crippen LogP contribution in [0.15, 0.2) is 60.8 Å². The third-order valence-electron chi connectivity index (χ3n) is 6.11. The van der Waals surface area contributed by atoms with E-state index in [1.165, 1.54) is 10.5 Å². The molecule has 0 aliphatic rings. The van der Waals surface area contributed by atoms with E-state index in [1.54, 1.807) is 38.2 Å². The van der Waals surface area contributed by atoms with Crippen molar-refractivity contribution in [1.82, 2.24) is 14.7 Å². The van der Waals surface area contributed by atoms with Crippen molar-refractivity contribution >= 4 is 11.6 Å². The second-order valence-electron chi connectivity index (χ2n) is 8.72. The van der Waals surface area contributed by atoms with E-state index in [9.17, 15) is 23.8 Å². The molecule has 9 heteroatoms. The van der Waals surface area contributed by atoms with Crippen molar-refractivity contribution in [3.8, 4) is 5.75 Å². The Balaban J connectivity index is 1.63. The van der Waals surface area contributed by atoms with Crippen molar-refractivity contribution < 1.29 is 28.5 Å². The highest BCUT2D eigenvalue weighted by molar-refractivity contribution is 5.95. The zero-order valence-electron chi connectivity index (χ0n) is 20.0. The van der Waals surface area contributed by atoms with Crippen LogP contribution >= 0.6 is 0 Å². The van der Waals surface area contributed by atoms with Gasteiger partial charge in [-0.15, -0.1) is 0 Å². The van der Waals surface area contributed by atoms with Gasteiger partial charge in [0.25, 0.3) is 5.91 Å². The van der Waals surface area contributed by atoms with E-state index >= 15 is 0 Å². The number of nitrogens with zero attached hydrogens (tertiary/aromatic N) is 2. The van der Waals surface area contributed by atoms with Crippen LogP contribution in [-0.2, 0) is 18.6 Å². The summed E-state index contributed by atoms with van der Waals surface area (Å²) in [6, 6.07) is 14.1. The number of aliphatic hydroxyl groups is 2. The van der Waals surface area contributed by atoms with Gasteiger partial charge < -0.3 is 20.3 Å². The van der Waals surface area contributed by atoms with E-state index in [0.29, 0.717) is 23.3 Å². The lowest BCUT2D eigenvalue weighted by atomic mass is 9.90. The first kappa shape index (κ1) is 25.3. The van der Waals surface area contributed by atoms with Crippen molar-refractivity contribution in [2.75, 3.05) is 13.2 Å². The molecule has 4 rings (SSSR count). The number of fused-ring (bicyclic) bond motifs is 1. The number of ether oxygens (including phenoxy) is 1. The first-order valence-corrected chi connectivity index (χ1v) is 11.4. The number of hydrogen-bond donors (Lipinski definition) is 3. The number of aryl methyl sites for hydroxylation is 1. The Morgan fingerprint density at radius 3 is 2.53 bits per heavy atom. The molecule has 0 spiro atoms. The number of amides is 1. The average molecular weight is 496 g/mol. The molecule has 2 aromatic carbocycles. The molecular weight excluding hydrogens is 468 g/mol. The molecule has 1 atom stereocenters. The van der Waals surface area contributed by atoms with Crippen LogP contribution < -0.4 is 10.1 Å². The predicted molar refractivity (Wildman–Crippen MR) is 130 cm³/mol. The van der Waals surface area contributed by atoms with Gasteiger partial charge >= 0.3 is 0 Å². The Bertz CT molecular complexity index is 1390. The smallest absolute Gasteiger partial charge is 0.270 e. The fourth-order valence-corrected chi connectivity index (χ4v) is 4.07. The molecule has 0 fully saturated rings. The van der Waals surface area contributed by atoms with E-state index in [-0.39, 0.29) is 36.8 Å². The van der Waals surface area contributed by atoms with Gasteiger partial charge in [0.1, 0.15) is 23.9 Å². The van der Waals surface area contributed by atoms with Gasteiger partial charge in [-0.05, 0) is 55.7 Å². The SMILES string of the molecule is Cc1nc2c(OCc3c(F)cccc3F)cccn2c1C(=O)NC(C)(CO)c1cccc(CCO)c1. The average Bonchev–Trinajstić information content (AvgIpc) is 3.20. The second kappa shape index (κ2) is 10.4. The van der Waals surface area contributed by atoms with E-state index in [2.05, 4.69) is 10.3 Å². The largest absolute Gasteiger partial charge is 0.485 e. The number of benzene rings is 2. The van der Waals surface area contributed by atoms with Crippen LogP contribution in [0.3, 0.4) is 0 Å². The Labute approximate surface area is 207 Å². The summed E-state index contributed by atoms with van der Waals surface area (Å²) in [7, 11) is 0. The molecule has 0 radical (unpaired) electrons. The summed E-state index contributed by atoms with van der Waals surface area (Å²) in [5.74, 6) is -1.65. The number of aromatic nitrogens is 2. The molecule has 0 aliphatic heterocycles. The Hall–Kier alpha value is -3.82. The highest BCUT2D eigenvalue weighted by atomic mass is 19.1. The van der Waals surface area contributed by atoms with Crippen LogP contribution in [0.4, 0.5) is 8.78 Å². The van der Waals surface area contributed by atoms with Gasteiger partial charge in [-0.3, -0.25) is 9.20 Å². The predicted octanol–water partition coefficient (Wildman–Crippen LogP) is 3.67. The molecule has 2 heterocycles. The maximum absolute atomic E-state index is 14.0. The summed E-state index contributed by atoms with van der Waals surface area (Å²) in [4.78, 5) is 17.9. The van der Waals surface area contributed by atoms with E-state index < -0.39 is 23.1 Å². The molecule has 0 saturated carbocycles. The molecule has 3 N–H and O–H groups in total. The minimum Gasteiger partial charge on any atom is -0.485 e. The van der Waals surface area contributed by atoms with Gasteiger partial charge in [0, 0.05) is 12.8 Å². The highest BCUT2D eigenvalue weighted by Gasteiger charge is 2.31. The van der Waals surface area contributed by atoms with Crippen LogP contribution in [-0.4, -0.2) is 38.7 Å². The Morgan fingerprint density at radius 2 is 1.83 bits per heavy atom. The number of pyridine rings is 1. The maximum atomic E-state index is 14.0. The molecule has 2 aromatic heterocycles. The minimum absolute atomic E-state index is 0.0133. The van der Waals surface area contributed by atoms with Gasteiger partial charge in [0.15, 0.2) is 11.4 Å².